The molecule has 0 fully saturated rings. The molecule has 0 aromatic heterocycles. The molecule has 0 saturated heterocycles. The van der Waals surface area contributed by atoms with E-state index in [0.717, 1.165) is 6.42 Å². The standard InChI is InChI=1S/C24H28N2O5/c1-17(2)13-14-25-24(29)26-22(27)16-31-23(28)20(18-9-5-4-6-10-18)15-19-11-7-8-12-21(19)30-3/h4-12,15,17H,13-14,16H2,1-3H3,(H2,25,26,27,29). The highest BCUT2D eigenvalue weighted by atomic mass is 16.5. The van der Waals surface area contributed by atoms with Crippen molar-refractivity contribution < 1.29 is 23.9 Å². The number of urea groups is 1. The van der Waals surface area contributed by atoms with Gasteiger partial charge < -0.3 is 14.8 Å². The Morgan fingerprint density at radius 2 is 1.68 bits per heavy atom. The van der Waals surface area contributed by atoms with Crippen LogP contribution in [-0.4, -0.2) is 38.2 Å². The smallest absolute Gasteiger partial charge is 0.339 e. The molecular formula is C24H28N2O5. The summed E-state index contributed by atoms with van der Waals surface area (Å²) in [6.45, 7) is 3.95. The zero-order chi connectivity index (χ0) is 22.6. The number of imide groups is 1. The van der Waals surface area contributed by atoms with E-state index in [-0.39, 0.29) is 5.57 Å². The first kappa shape index (κ1) is 23.7. The Labute approximate surface area is 182 Å². The first-order valence-corrected chi connectivity index (χ1v) is 10.1. The van der Waals surface area contributed by atoms with Gasteiger partial charge in [0.1, 0.15) is 5.75 Å². The van der Waals surface area contributed by atoms with E-state index >= 15 is 0 Å². The van der Waals surface area contributed by atoms with E-state index in [2.05, 4.69) is 10.6 Å². The average Bonchev–Trinajstić information content (AvgIpc) is 2.76. The minimum absolute atomic E-state index is 0.263. The molecule has 31 heavy (non-hydrogen) atoms. The van der Waals surface area contributed by atoms with Gasteiger partial charge in [-0.2, -0.15) is 0 Å². The van der Waals surface area contributed by atoms with Crippen molar-refractivity contribution in [1.29, 1.82) is 0 Å². The predicted molar refractivity (Wildman–Crippen MR) is 119 cm³/mol. The van der Waals surface area contributed by atoms with Crippen molar-refractivity contribution in [2.24, 2.45) is 5.92 Å². The maximum absolute atomic E-state index is 12.8. The van der Waals surface area contributed by atoms with Crippen molar-refractivity contribution in [3.8, 4) is 5.75 Å². The van der Waals surface area contributed by atoms with Crippen LogP contribution in [0.2, 0.25) is 0 Å². The molecule has 0 bridgehead atoms. The quantitative estimate of drug-likeness (QED) is 0.364. The second-order valence-electron chi connectivity index (χ2n) is 7.23. The second kappa shape index (κ2) is 12.2. The normalized spacial score (nSPS) is 11.0. The van der Waals surface area contributed by atoms with E-state index in [4.69, 9.17) is 9.47 Å². The van der Waals surface area contributed by atoms with Gasteiger partial charge in [-0.15, -0.1) is 0 Å². The summed E-state index contributed by atoms with van der Waals surface area (Å²) in [5, 5.41) is 4.74. The number of hydrogen-bond donors (Lipinski definition) is 2. The summed E-state index contributed by atoms with van der Waals surface area (Å²) in [5.74, 6) is -0.365. The predicted octanol–water partition coefficient (Wildman–Crippen LogP) is 3.65. The van der Waals surface area contributed by atoms with E-state index in [0.29, 0.717) is 29.3 Å². The molecule has 2 N–H and O–H groups in total. The zero-order valence-corrected chi connectivity index (χ0v) is 18.0. The Morgan fingerprint density at radius 1 is 1.00 bits per heavy atom. The first-order chi connectivity index (χ1) is 14.9. The van der Waals surface area contributed by atoms with Crippen molar-refractivity contribution in [2.45, 2.75) is 20.3 Å². The van der Waals surface area contributed by atoms with Crippen LogP contribution in [0.5, 0.6) is 5.75 Å². The number of carbonyl (C=O) groups is 3. The molecule has 0 aliphatic heterocycles. The molecule has 7 heteroatoms. The number of nitrogens with one attached hydrogen (secondary N) is 2. The molecule has 0 saturated carbocycles. The van der Waals surface area contributed by atoms with Crippen LogP contribution in [0, 0.1) is 5.92 Å². The number of methoxy groups -OCH3 is 1. The van der Waals surface area contributed by atoms with Gasteiger partial charge in [-0.3, -0.25) is 10.1 Å². The lowest BCUT2D eigenvalue weighted by Crippen LogP contribution is -2.42. The Balaban J connectivity index is 2.06. The van der Waals surface area contributed by atoms with Crippen molar-refractivity contribution in [2.75, 3.05) is 20.3 Å². The molecule has 0 spiro atoms. The molecule has 0 atom stereocenters. The molecule has 164 valence electrons. The summed E-state index contributed by atoms with van der Waals surface area (Å²) in [6.07, 6.45) is 2.44. The van der Waals surface area contributed by atoms with Gasteiger partial charge in [0.2, 0.25) is 0 Å². The van der Waals surface area contributed by atoms with Gasteiger partial charge in [0.25, 0.3) is 5.91 Å². The van der Waals surface area contributed by atoms with Gasteiger partial charge in [-0.1, -0.05) is 62.4 Å². The van der Waals surface area contributed by atoms with E-state index in [1.807, 2.05) is 38.1 Å². The minimum Gasteiger partial charge on any atom is -0.496 e. The van der Waals surface area contributed by atoms with E-state index in [9.17, 15) is 14.4 Å². The molecule has 2 rings (SSSR count). The Hall–Kier alpha value is -3.61. The van der Waals surface area contributed by atoms with Gasteiger partial charge >= 0.3 is 12.0 Å². The van der Waals surface area contributed by atoms with E-state index < -0.39 is 24.5 Å². The van der Waals surface area contributed by atoms with Crippen molar-refractivity contribution in [1.82, 2.24) is 10.6 Å². The van der Waals surface area contributed by atoms with Crippen LogP contribution in [0.1, 0.15) is 31.4 Å². The third kappa shape index (κ3) is 7.97. The van der Waals surface area contributed by atoms with Crippen LogP contribution in [0.3, 0.4) is 0 Å². The summed E-state index contributed by atoms with van der Waals surface area (Å²) in [5.41, 5.74) is 1.58. The Morgan fingerprint density at radius 3 is 2.35 bits per heavy atom. The molecule has 2 aromatic rings. The minimum atomic E-state index is -0.708. The molecule has 0 radical (unpaired) electrons. The van der Waals surface area contributed by atoms with Gasteiger partial charge in [0.05, 0.1) is 12.7 Å². The molecule has 0 unspecified atom stereocenters. The van der Waals surface area contributed by atoms with Gasteiger partial charge in [-0.25, -0.2) is 9.59 Å². The fraction of sp³-hybridized carbons (Fsp3) is 0.292. The summed E-state index contributed by atoms with van der Waals surface area (Å²) in [4.78, 5) is 36.5. The number of amides is 3. The Bertz CT molecular complexity index is 923. The second-order valence-corrected chi connectivity index (χ2v) is 7.23. The monoisotopic (exact) mass is 424 g/mol. The number of para-hydroxylation sites is 1. The third-order valence-electron chi connectivity index (χ3n) is 4.34. The summed E-state index contributed by atoms with van der Waals surface area (Å²) in [7, 11) is 1.55. The lowest BCUT2D eigenvalue weighted by atomic mass is 10.0. The fourth-order valence-corrected chi connectivity index (χ4v) is 2.71. The molecule has 0 aliphatic rings. The van der Waals surface area contributed by atoms with Crippen LogP contribution in [0.15, 0.2) is 54.6 Å². The average molecular weight is 424 g/mol. The van der Waals surface area contributed by atoms with Gasteiger partial charge in [-0.05, 0) is 30.0 Å². The summed E-state index contributed by atoms with van der Waals surface area (Å²) >= 11 is 0. The largest absolute Gasteiger partial charge is 0.496 e. The molecule has 3 amide bonds. The van der Waals surface area contributed by atoms with Crippen LogP contribution < -0.4 is 15.4 Å². The number of hydrogen-bond acceptors (Lipinski definition) is 5. The maximum Gasteiger partial charge on any atom is 0.339 e. The SMILES string of the molecule is COc1ccccc1C=C(C(=O)OCC(=O)NC(=O)NCCC(C)C)c1ccccc1. The summed E-state index contributed by atoms with van der Waals surface area (Å²) in [6, 6.07) is 15.6. The lowest BCUT2D eigenvalue weighted by molar-refractivity contribution is -0.142. The zero-order valence-electron chi connectivity index (χ0n) is 18.0. The number of ether oxygens (including phenoxy) is 2. The number of benzene rings is 2. The first-order valence-electron chi connectivity index (χ1n) is 10.1. The molecule has 7 nitrogen and oxygen atoms in total. The third-order valence-corrected chi connectivity index (χ3v) is 4.34. The van der Waals surface area contributed by atoms with Crippen LogP contribution >= 0.6 is 0 Å². The molecule has 0 heterocycles. The Kier molecular flexibility index (Phi) is 9.29. The van der Waals surface area contributed by atoms with Crippen molar-refractivity contribution >= 4 is 29.6 Å². The van der Waals surface area contributed by atoms with E-state index in [1.165, 1.54) is 0 Å². The highest BCUT2D eigenvalue weighted by Gasteiger charge is 2.17. The summed E-state index contributed by atoms with van der Waals surface area (Å²) < 4.78 is 10.5. The topological polar surface area (TPSA) is 93.7 Å². The van der Waals surface area contributed by atoms with Crippen LogP contribution in [-0.2, 0) is 14.3 Å². The highest BCUT2D eigenvalue weighted by molar-refractivity contribution is 6.22. The fourth-order valence-electron chi connectivity index (χ4n) is 2.71. The van der Waals surface area contributed by atoms with Crippen LogP contribution in [0.4, 0.5) is 4.79 Å². The highest BCUT2D eigenvalue weighted by Crippen LogP contribution is 2.25. The number of carbonyl (C=O) groups excluding carboxylic acids is 3. The van der Waals surface area contributed by atoms with Crippen molar-refractivity contribution in [3.05, 3.63) is 65.7 Å². The van der Waals surface area contributed by atoms with Crippen LogP contribution in [0.25, 0.3) is 11.6 Å². The lowest BCUT2D eigenvalue weighted by Gasteiger charge is -2.11. The van der Waals surface area contributed by atoms with E-state index in [1.54, 1.807) is 43.5 Å². The molecule has 0 aliphatic carbocycles. The number of esters is 1. The van der Waals surface area contributed by atoms with Gasteiger partial charge in [0, 0.05) is 12.1 Å². The maximum atomic E-state index is 12.8. The number of rotatable bonds is 9. The van der Waals surface area contributed by atoms with Gasteiger partial charge in [0.15, 0.2) is 6.61 Å². The molecule has 2 aromatic carbocycles. The molecular weight excluding hydrogens is 396 g/mol. The van der Waals surface area contributed by atoms with Crippen molar-refractivity contribution in [3.63, 3.8) is 0 Å².